The van der Waals surface area contributed by atoms with E-state index in [1.165, 1.54) is 11.8 Å². The second kappa shape index (κ2) is 9.05. The van der Waals surface area contributed by atoms with Gasteiger partial charge in [-0.1, -0.05) is 30.3 Å². The van der Waals surface area contributed by atoms with Gasteiger partial charge in [-0.3, -0.25) is 19.7 Å². The van der Waals surface area contributed by atoms with Crippen molar-refractivity contribution in [3.63, 3.8) is 0 Å². The maximum Gasteiger partial charge on any atom is 0.311 e. The van der Waals surface area contributed by atoms with Crippen molar-refractivity contribution in [3.8, 4) is 11.4 Å². The SMILES string of the molecule is COC(=O)Cc1[nH]n(-c2ccccc2)c(=O)c1C(C)=NCc1ccc(OC)cc1. The second-order valence-corrected chi connectivity index (χ2v) is 6.44. The summed E-state index contributed by atoms with van der Waals surface area (Å²) in [5, 5.41) is 3.03. The number of aromatic amines is 1. The van der Waals surface area contributed by atoms with E-state index in [2.05, 4.69) is 10.1 Å². The summed E-state index contributed by atoms with van der Waals surface area (Å²) >= 11 is 0. The number of hydrogen-bond donors (Lipinski definition) is 1. The molecular formula is C22H23N3O4. The number of nitrogens with zero attached hydrogens (tertiary/aromatic N) is 2. The smallest absolute Gasteiger partial charge is 0.311 e. The Balaban J connectivity index is 1.97. The molecule has 0 bridgehead atoms. The van der Waals surface area contributed by atoms with Gasteiger partial charge < -0.3 is 9.47 Å². The van der Waals surface area contributed by atoms with Gasteiger partial charge in [-0.2, -0.15) is 0 Å². The van der Waals surface area contributed by atoms with Crippen molar-refractivity contribution < 1.29 is 14.3 Å². The van der Waals surface area contributed by atoms with Crippen LogP contribution in [-0.4, -0.2) is 35.7 Å². The van der Waals surface area contributed by atoms with E-state index < -0.39 is 5.97 Å². The molecule has 0 atom stereocenters. The molecule has 0 radical (unpaired) electrons. The molecule has 0 saturated heterocycles. The Morgan fingerprint density at radius 3 is 2.38 bits per heavy atom. The zero-order valence-electron chi connectivity index (χ0n) is 16.6. The number of aliphatic imine (C=N–C) groups is 1. The first-order chi connectivity index (χ1) is 14.0. The van der Waals surface area contributed by atoms with Crippen molar-refractivity contribution in [1.82, 2.24) is 9.78 Å². The predicted octanol–water partition coefficient (Wildman–Crippen LogP) is 2.90. The number of rotatable bonds is 7. The van der Waals surface area contributed by atoms with Gasteiger partial charge in [0.2, 0.25) is 0 Å². The van der Waals surface area contributed by atoms with Crippen molar-refractivity contribution in [2.24, 2.45) is 4.99 Å². The van der Waals surface area contributed by atoms with Crippen LogP contribution in [0.4, 0.5) is 0 Å². The molecule has 3 aromatic rings. The lowest BCUT2D eigenvalue weighted by molar-refractivity contribution is -0.139. The van der Waals surface area contributed by atoms with Gasteiger partial charge in [0.25, 0.3) is 5.56 Å². The summed E-state index contributed by atoms with van der Waals surface area (Å²) < 4.78 is 11.3. The molecule has 2 aromatic carbocycles. The average molecular weight is 393 g/mol. The van der Waals surface area contributed by atoms with Crippen molar-refractivity contribution in [2.75, 3.05) is 14.2 Å². The fourth-order valence-corrected chi connectivity index (χ4v) is 2.98. The van der Waals surface area contributed by atoms with Crippen LogP contribution in [0.5, 0.6) is 5.75 Å². The molecule has 1 N–H and O–H groups in total. The lowest BCUT2D eigenvalue weighted by Crippen LogP contribution is -2.20. The normalized spacial score (nSPS) is 11.3. The van der Waals surface area contributed by atoms with E-state index in [9.17, 15) is 9.59 Å². The largest absolute Gasteiger partial charge is 0.497 e. The number of ether oxygens (including phenoxy) is 2. The minimum atomic E-state index is -0.435. The molecule has 29 heavy (non-hydrogen) atoms. The van der Waals surface area contributed by atoms with Gasteiger partial charge in [0.05, 0.1) is 44.1 Å². The van der Waals surface area contributed by atoms with Crippen molar-refractivity contribution in [2.45, 2.75) is 19.9 Å². The minimum absolute atomic E-state index is 0.0453. The summed E-state index contributed by atoms with van der Waals surface area (Å²) in [7, 11) is 2.93. The molecule has 1 heterocycles. The molecule has 0 amide bonds. The summed E-state index contributed by atoms with van der Waals surface area (Å²) in [5.74, 6) is 0.335. The number of benzene rings is 2. The van der Waals surface area contributed by atoms with E-state index >= 15 is 0 Å². The number of aromatic nitrogens is 2. The highest BCUT2D eigenvalue weighted by molar-refractivity contribution is 6.00. The van der Waals surface area contributed by atoms with Crippen LogP contribution in [0.3, 0.4) is 0 Å². The fraction of sp³-hybridized carbons (Fsp3) is 0.227. The standard InChI is InChI=1S/C22H23N3O4/c1-15(23-14-16-9-11-18(28-2)12-10-16)21-19(13-20(26)29-3)24-25(22(21)27)17-7-5-4-6-8-17/h4-12,24H,13-14H2,1-3H3. The number of esters is 1. The Bertz CT molecular complexity index is 1060. The number of carbonyl (C=O) groups is 1. The topological polar surface area (TPSA) is 85.7 Å². The molecule has 0 saturated carbocycles. The number of hydrogen-bond acceptors (Lipinski definition) is 5. The Morgan fingerprint density at radius 2 is 1.76 bits per heavy atom. The Morgan fingerprint density at radius 1 is 1.07 bits per heavy atom. The predicted molar refractivity (Wildman–Crippen MR) is 111 cm³/mol. The van der Waals surface area contributed by atoms with E-state index in [4.69, 9.17) is 9.47 Å². The Hall–Kier alpha value is -3.61. The summed E-state index contributed by atoms with van der Waals surface area (Å²) in [4.78, 5) is 29.5. The van der Waals surface area contributed by atoms with Gasteiger partial charge in [0.15, 0.2) is 0 Å². The number of carbonyl (C=O) groups excluding carboxylic acids is 1. The molecular weight excluding hydrogens is 370 g/mol. The van der Waals surface area contributed by atoms with Gasteiger partial charge in [-0.25, -0.2) is 4.68 Å². The van der Waals surface area contributed by atoms with Crippen LogP contribution >= 0.6 is 0 Å². The maximum absolute atomic E-state index is 13.1. The molecule has 7 nitrogen and oxygen atoms in total. The third kappa shape index (κ3) is 4.63. The molecule has 0 aliphatic carbocycles. The van der Waals surface area contributed by atoms with Crippen LogP contribution in [0.2, 0.25) is 0 Å². The number of nitrogens with one attached hydrogen (secondary N) is 1. The zero-order valence-corrected chi connectivity index (χ0v) is 16.6. The fourth-order valence-electron chi connectivity index (χ4n) is 2.98. The lowest BCUT2D eigenvalue weighted by atomic mass is 10.1. The highest BCUT2D eigenvalue weighted by Crippen LogP contribution is 2.14. The van der Waals surface area contributed by atoms with Gasteiger partial charge in [0.1, 0.15) is 5.75 Å². The van der Waals surface area contributed by atoms with Crippen LogP contribution in [0.25, 0.3) is 5.69 Å². The first kappa shape index (κ1) is 20.1. The molecule has 3 rings (SSSR count). The summed E-state index contributed by atoms with van der Waals surface area (Å²) in [6.07, 6.45) is -0.0453. The summed E-state index contributed by atoms with van der Waals surface area (Å²) in [6.45, 7) is 2.17. The first-order valence-electron chi connectivity index (χ1n) is 9.14. The quantitative estimate of drug-likeness (QED) is 0.494. The third-order valence-electron chi connectivity index (χ3n) is 4.55. The van der Waals surface area contributed by atoms with E-state index in [0.29, 0.717) is 29.2 Å². The van der Waals surface area contributed by atoms with Gasteiger partial charge in [0, 0.05) is 5.71 Å². The third-order valence-corrected chi connectivity index (χ3v) is 4.55. The molecule has 1 aromatic heterocycles. The molecule has 0 unspecified atom stereocenters. The van der Waals surface area contributed by atoms with E-state index in [1.807, 2.05) is 54.6 Å². The van der Waals surface area contributed by atoms with E-state index in [0.717, 1.165) is 11.3 Å². The maximum atomic E-state index is 13.1. The van der Waals surface area contributed by atoms with Gasteiger partial charge >= 0.3 is 5.97 Å². The second-order valence-electron chi connectivity index (χ2n) is 6.44. The number of para-hydroxylation sites is 1. The summed E-state index contributed by atoms with van der Waals surface area (Å²) in [6, 6.07) is 16.7. The molecule has 150 valence electrons. The molecule has 7 heteroatoms. The van der Waals surface area contributed by atoms with E-state index in [-0.39, 0.29) is 12.0 Å². The molecule has 0 fully saturated rings. The molecule has 0 aliphatic heterocycles. The minimum Gasteiger partial charge on any atom is -0.497 e. The first-order valence-corrected chi connectivity index (χ1v) is 9.14. The van der Waals surface area contributed by atoms with E-state index in [1.54, 1.807) is 14.0 Å². The van der Waals surface area contributed by atoms with Crippen molar-refractivity contribution >= 4 is 11.7 Å². The van der Waals surface area contributed by atoms with Crippen LogP contribution < -0.4 is 10.3 Å². The molecule has 0 aliphatic rings. The Labute approximate surface area is 168 Å². The van der Waals surface area contributed by atoms with Gasteiger partial charge in [-0.15, -0.1) is 0 Å². The van der Waals surface area contributed by atoms with Crippen LogP contribution in [-0.2, 0) is 22.5 Å². The summed E-state index contributed by atoms with van der Waals surface area (Å²) in [5.41, 5.74) is 2.81. The number of methoxy groups -OCH3 is 2. The average Bonchev–Trinajstić information content (AvgIpc) is 3.08. The van der Waals surface area contributed by atoms with Crippen LogP contribution in [0.1, 0.15) is 23.7 Å². The zero-order chi connectivity index (χ0) is 20.8. The Kier molecular flexibility index (Phi) is 6.29. The van der Waals surface area contributed by atoms with Crippen molar-refractivity contribution in [3.05, 3.63) is 81.8 Å². The van der Waals surface area contributed by atoms with Gasteiger partial charge in [-0.05, 0) is 36.8 Å². The van der Waals surface area contributed by atoms with Crippen molar-refractivity contribution in [1.29, 1.82) is 0 Å². The van der Waals surface area contributed by atoms with Crippen LogP contribution in [0.15, 0.2) is 64.4 Å². The monoisotopic (exact) mass is 393 g/mol. The molecule has 0 spiro atoms. The highest BCUT2D eigenvalue weighted by atomic mass is 16.5. The van der Waals surface area contributed by atoms with Crippen LogP contribution in [0, 0.1) is 0 Å². The number of H-pyrrole nitrogens is 1. The lowest BCUT2D eigenvalue weighted by Gasteiger charge is -2.03. The highest BCUT2D eigenvalue weighted by Gasteiger charge is 2.20.